The van der Waals surface area contributed by atoms with Gasteiger partial charge in [-0.15, -0.1) is 0 Å². The molecule has 40 nitrogen and oxygen atoms in total. The topological polar surface area (TPSA) is 562 Å². The largest absolute Gasteiger partial charge is 1.00 e. The summed E-state index contributed by atoms with van der Waals surface area (Å²) in [5.74, 6) is -5.18. The zero-order valence-electron chi connectivity index (χ0n) is 58.8. The summed E-state index contributed by atoms with van der Waals surface area (Å²) < 4.78 is 82.2. The Morgan fingerprint density at radius 3 is 0.941 bits per heavy atom. The Balaban J connectivity index is 0.0000260. The Morgan fingerprint density at radius 2 is 0.653 bits per heavy atom. The van der Waals surface area contributed by atoms with Crippen molar-refractivity contribution in [3.8, 4) is 0 Å². The average molecular weight is 1480 g/mol. The van der Waals surface area contributed by atoms with E-state index < -0.39 is 178 Å². The van der Waals surface area contributed by atoms with Crippen LogP contribution in [-0.2, 0) is 109 Å². The number of rotatable bonds is 56. The molecular weight excluding hydrogens is 1370 g/mol. The van der Waals surface area contributed by atoms with Gasteiger partial charge in [-0.3, -0.25) is 33.6 Å². The van der Waals surface area contributed by atoms with Crippen molar-refractivity contribution in [3.63, 3.8) is 0 Å². The molecule has 0 unspecified atom stereocenters. The number of aliphatic hydroxyl groups excluding tert-OH is 9. The van der Waals surface area contributed by atoms with E-state index in [2.05, 4.69) is 37.2 Å². The molecule has 3 saturated heterocycles. The number of aliphatic carboxylic acids is 1. The second kappa shape index (κ2) is 55.3. The molecule has 0 spiro atoms. The minimum absolute atomic E-state index is 0. The Bertz CT molecular complexity index is 2330. The summed E-state index contributed by atoms with van der Waals surface area (Å²) in [6.07, 6.45) is -14.4. The summed E-state index contributed by atoms with van der Waals surface area (Å²) in [5, 5.41) is 118. The van der Waals surface area contributed by atoms with Crippen molar-refractivity contribution in [1.82, 2.24) is 37.2 Å². The van der Waals surface area contributed by atoms with Crippen LogP contribution in [0, 0.1) is 0 Å². The van der Waals surface area contributed by atoms with Crippen LogP contribution in [0.15, 0.2) is 0 Å². The van der Waals surface area contributed by atoms with Gasteiger partial charge in [-0.25, -0.2) is 4.79 Å². The molecule has 3 aliphatic rings. The third kappa shape index (κ3) is 38.6. The maximum atomic E-state index is 13.6. The van der Waals surface area contributed by atoms with E-state index >= 15 is 0 Å². The molecule has 17 atom stereocenters. The van der Waals surface area contributed by atoms with E-state index in [0.29, 0.717) is 12.8 Å². The molecule has 3 fully saturated rings. The average Bonchev–Trinajstić information content (AvgIpc) is 0.824. The molecule has 0 aliphatic carbocycles. The van der Waals surface area contributed by atoms with Crippen molar-refractivity contribution in [1.29, 1.82) is 0 Å². The monoisotopic (exact) mass is 1480 g/mol. The molecule has 3 aliphatic heterocycles. The Morgan fingerprint density at radius 1 is 0.376 bits per heavy atom. The molecular formula is C60H108N7NaO33. The van der Waals surface area contributed by atoms with Gasteiger partial charge in [0.25, 0.3) is 0 Å². The smallest absolute Gasteiger partial charge is 1.00 e. The van der Waals surface area contributed by atoms with E-state index in [0.717, 1.165) is 0 Å². The van der Waals surface area contributed by atoms with Crippen molar-refractivity contribution in [2.75, 3.05) is 172 Å². The van der Waals surface area contributed by atoms with E-state index in [4.69, 9.17) is 71.1 Å². The summed E-state index contributed by atoms with van der Waals surface area (Å²) in [7, 11) is 0. The molecule has 0 bridgehead atoms. The number of hydrogen-bond donors (Lipinski definition) is 17. The maximum absolute atomic E-state index is 13.6. The van der Waals surface area contributed by atoms with E-state index in [9.17, 15) is 89.4 Å². The van der Waals surface area contributed by atoms with Gasteiger partial charge < -0.3 is 161 Å². The van der Waals surface area contributed by atoms with Gasteiger partial charge in [-0.2, -0.15) is 0 Å². The summed E-state index contributed by atoms with van der Waals surface area (Å²) in [4.78, 5) is 98.8. The standard InChI is InChI=1S/C60H107N7O33.Na.H/c1-36(71)63-47-53(80)50(77)41(30-68)98-58(47)95-27-24-89-15-12-86-18-21-92-33-44(74)61-10-6-4-8-39(66-46(76)35-94-23-20-88-14-17-91-26-29-97-60-49(65-38(3)73)55(82)52(79)43(32-70)100-60)56(83)67-40(57(84)85)9-5-7-11-62-45(75)34-93-22-19-87-13-16-90-25-28-96-59-48(64-37(2)72)54(81)51(78)42(31-69)99-59;;/h39-43,47-55,58-60,68-70,77-82H,4-35H2,1-3H3,(H,61,74)(H,62,75)(H,63,71)(H,64,72)(H,65,73)(H,66,76)(H,67,83)(H,84,85);;/q;+1;-1/t39-,40-,41+,42+,43+,47+,48+,49+,50-,51-,52-,53+,54+,55+,58+,59+,60+;;/m0../s1. The fraction of sp³-hybridized carbons (Fsp3) is 0.867. The number of carbonyl (C=O) groups excluding carboxylic acids is 7. The number of hydrogen-bond acceptors (Lipinski definition) is 32. The third-order valence-electron chi connectivity index (χ3n) is 15.0. The molecule has 582 valence electrons. The predicted molar refractivity (Wildman–Crippen MR) is 338 cm³/mol. The third-order valence-corrected chi connectivity index (χ3v) is 15.0. The number of aliphatic hydroxyl groups is 9. The number of nitrogens with one attached hydrogen (secondary N) is 7. The first kappa shape index (κ1) is 92.9. The number of unbranched alkanes of at least 4 members (excludes halogenated alkanes) is 2. The summed E-state index contributed by atoms with van der Waals surface area (Å²) >= 11 is 0. The Kier molecular flexibility index (Phi) is 50.8. The molecule has 0 radical (unpaired) electrons. The number of carboxylic acid groups (broad SMARTS) is 1. The summed E-state index contributed by atoms with van der Waals surface area (Å²) in [6, 6.07) is -5.87. The molecule has 101 heavy (non-hydrogen) atoms. The zero-order valence-corrected chi connectivity index (χ0v) is 59.8. The first-order valence-corrected chi connectivity index (χ1v) is 33.1. The van der Waals surface area contributed by atoms with Crippen LogP contribution in [0.3, 0.4) is 0 Å². The first-order chi connectivity index (χ1) is 48.0. The van der Waals surface area contributed by atoms with Gasteiger partial charge in [0.1, 0.15) is 105 Å². The second-order valence-electron chi connectivity index (χ2n) is 23.0. The van der Waals surface area contributed by atoms with Gasteiger partial charge in [0, 0.05) is 33.9 Å². The van der Waals surface area contributed by atoms with Crippen LogP contribution in [0.25, 0.3) is 0 Å². The van der Waals surface area contributed by atoms with Gasteiger partial charge >= 0.3 is 35.5 Å². The number of amides is 7. The predicted octanol–water partition coefficient (Wildman–Crippen LogP) is -12.2. The normalized spacial score (nSPS) is 25.6. The number of carboxylic acids is 1. The number of ether oxygens (including phenoxy) is 15. The summed E-state index contributed by atoms with van der Waals surface area (Å²) in [5.41, 5.74) is 0. The van der Waals surface area contributed by atoms with Crippen LogP contribution in [0.4, 0.5) is 0 Å². The van der Waals surface area contributed by atoms with Gasteiger partial charge in [0.15, 0.2) is 18.9 Å². The van der Waals surface area contributed by atoms with Crippen molar-refractivity contribution in [2.24, 2.45) is 0 Å². The van der Waals surface area contributed by atoms with Crippen molar-refractivity contribution < 1.29 is 191 Å². The van der Waals surface area contributed by atoms with Crippen molar-refractivity contribution >= 4 is 47.3 Å². The molecule has 0 saturated carbocycles. The molecule has 0 aromatic heterocycles. The van der Waals surface area contributed by atoms with Crippen LogP contribution in [-0.4, -0.2) is 374 Å². The van der Waals surface area contributed by atoms with E-state index in [1.165, 1.54) is 20.8 Å². The van der Waals surface area contributed by atoms with Crippen LogP contribution >= 0.6 is 0 Å². The quantitative estimate of drug-likeness (QED) is 0.0199. The van der Waals surface area contributed by atoms with Crippen LogP contribution in [0.1, 0.15) is 60.7 Å². The Hall–Kier alpha value is -4.20. The second-order valence-corrected chi connectivity index (χ2v) is 23.0. The van der Waals surface area contributed by atoms with Crippen LogP contribution in [0.5, 0.6) is 0 Å². The number of carbonyl (C=O) groups is 8. The minimum atomic E-state index is -1.47. The summed E-state index contributed by atoms with van der Waals surface area (Å²) in [6.45, 7) is 2.54. The van der Waals surface area contributed by atoms with Crippen LogP contribution < -0.4 is 66.8 Å². The van der Waals surface area contributed by atoms with Crippen molar-refractivity contribution in [2.45, 2.75) is 163 Å². The fourth-order valence-corrected chi connectivity index (χ4v) is 9.86. The molecule has 3 rings (SSSR count). The molecule has 0 aromatic rings. The minimum Gasteiger partial charge on any atom is -1.00 e. The SMILES string of the molecule is CC(=O)N[C@H]1[C@H](OCCOCCOCCOCC(=O)NCCCC[C@H](NC(=O)[C@H](CCCCNC(=O)COCCOCCOCCO[C@@H]2O[C@H](CO)[C@H](O)[C@H](O)[C@H]2NC(C)=O)NC(=O)COCCOCCOCCO[C@@H]2O[C@H](CO)[C@H](O)[C@H](O)[C@H]2NC(C)=O)C(=O)O)O[C@H](CO)[C@H](O)[C@@H]1O.[H-].[Na+]. The Labute approximate surface area is 608 Å². The zero-order chi connectivity index (χ0) is 73.6. The molecule has 17 N–H and O–H groups in total. The fourth-order valence-electron chi connectivity index (χ4n) is 9.86. The van der Waals surface area contributed by atoms with Gasteiger partial charge in [0.05, 0.1) is 139 Å². The van der Waals surface area contributed by atoms with Crippen molar-refractivity contribution in [3.05, 3.63) is 0 Å². The molecule has 7 amide bonds. The van der Waals surface area contributed by atoms with Gasteiger partial charge in [-0.05, 0) is 38.5 Å². The van der Waals surface area contributed by atoms with Gasteiger partial charge in [0.2, 0.25) is 41.4 Å². The maximum Gasteiger partial charge on any atom is 1.00 e. The van der Waals surface area contributed by atoms with E-state index in [1.54, 1.807) is 0 Å². The van der Waals surface area contributed by atoms with Crippen LogP contribution in [0.2, 0.25) is 0 Å². The van der Waals surface area contributed by atoms with E-state index in [-0.39, 0.29) is 202 Å². The first-order valence-electron chi connectivity index (χ1n) is 33.1. The van der Waals surface area contributed by atoms with Gasteiger partial charge in [-0.1, -0.05) is 0 Å². The van der Waals surface area contributed by atoms with E-state index in [1.807, 2.05) is 0 Å². The molecule has 0 aromatic carbocycles. The molecule has 3 heterocycles. The molecule has 41 heteroatoms.